The predicted octanol–water partition coefficient (Wildman–Crippen LogP) is 2.51. The van der Waals surface area contributed by atoms with Crippen LogP contribution in [-0.2, 0) is 4.74 Å². The van der Waals surface area contributed by atoms with Crippen LogP contribution in [0, 0.1) is 10.1 Å². The van der Waals surface area contributed by atoms with Crippen LogP contribution in [0.15, 0.2) is 24.3 Å². The molecule has 0 saturated carbocycles. The highest BCUT2D eigenvalue weighted by molar-refractivity contribution is 5.49. The average molecular weight is 293 g/mol. The molecule has 6 heteroatoms. The first kappa shape index (κ1) is 15.7. The van der Waals surface area contributed by atoms with Gasteiger partial charge in [-0.1, -0.05) is 6.92 Å². The Hall–Kier alpha value is -1.66. The van der Waals surface area contributed by atoms with Crippen LogP contribution in [-0.4, -0.2) is 48.7 Å². The molecule has 1 aliphatic rings. The molecule has 0 bridgehead atoms. The lowest BCUT2D eigenvalue weighted by atomic mass is 10.1. The van der Waals surface area contributed by atoms with Gasteiger partial charge >= 0.3 is 0 Å². The van der Waals surface area contributed by atoms with Gasteiger partial charge in [0.2, 0.25) is 0 Å². The third-order valence-corrected chi connectivity index (χ3v) is 4.11. The highest BCUT2D eigenvalue weighted by Crippen LogP contribution is 2.25. The molecule has 2 atom stereocenters. The average Bonchev–Trinajstić information content (AvgIpc) is 2.87. The first-order valence-corrected chi connectivity index (χ1v) is 7.39. The molecule has 116 valence electrons. The van der Waals surface area contributed by atoms with E-state index in [-0.39, 0.29) is 10.6 Å². The van der Waals surface area contributed by atoms with Crippen molar-refractivity contribution >= 4 is 11.4 Å². The number of likely N-dealkylation sites (tertiary alicyclic amines) is 1. The van der Waals surface area contributed by atoms with E-state index in [9.17, 15) is 10.1 Å². The standard InChI is InChI=1S/C15H23N3O3/c1-3-17-10-8-14(15(17)9-11-21-2)16-12-4-6-13(7-5-12)18(19)20/h4-7,14-16H,3,8-11H2,1-2H3. The Balaban J connectivity index is 2.01. The van der Waals surface area contributed by atoms with Crippen molar-refractivity contribution in [2.24, 2.45) is 0 Å². The summed E-state index contributed by atoms with van der Waals surface area (Å²) in [5, 5.41) is 14.2. The molecule has 1 fully saturated rings. The minimum atomic E-state index is -0.375. The summed E-state index contributed by atoms with van der Waals surface area (Å²) in [6, 6.07) is 7.45. The van der Waals surface area contributed by atoms with Crippen LogP contribution in [0.5, 0.6) is 0 Å². The normalized spacial score (nSPS) is 22.4. The Labute approximate surface area is 125 Å². The molecule has 1 aliphatic heterocycles. The minimum Gasteiger partial charge on any atom is -0.385 e. The number of non-ortho nitro benzene ring substituents is 1. The molecule has 0 aromatic heterocycles. The van der Waals surface area contributed by atoms with Crippen molar-refractivity contribution in [2.75, 3.05) is 32.1 Å². The Morgan fingerprint density at radius 1 is 1.43 bits per heavy atom. The molecule has 0 radical (unpaired) electrons. The van der Waals surface area contributed by atoms with E-state index in [1.165, 1.54) is 0 Å². The molecule has 2 rings (SSSR count). The maximum absolute atomic E-state index is 10.7. The van der Waals surface area contributed by atoms with Crippen LogP contribution in [0.2, 0.25) is 0 Å². The van der Waals surface area contributed by atoms with Crippen molar-refractivity contribution in [3.63, 3.8) is 0 Å². The third-order valence-electron chi connectivity index (χ3n) is 4.11. The summed E-state index contributed by atoms with van der Waals surface area (Å²) < 4.78 is 5.21. The molecular weight excluding hydrogens is 270 g/mol. The van der Waals surface area contributed by atoms with Gasteiger partial charge in [-0.15, -0.1) is 0 Å². The summed E-state index contributed by atoms with van der Waals surface area (Å²) in [5.74, 6) is 0. The lowest BCUT2D eigenvalue weighted by molar-refractivity contribution is -0.384. The largest absolute Gasteiger partial charge is 0.385 e. The van der Waals surface area contributed by atoms with Gasteiger partial charge in [-0.2, -0.15) is 0 Å². The van der Waals surface area contributed by atoms with Gasteiger partial charge < -0.3 is 10.1 Å². The SMILES string of the molecule is CCN1CCC(Nc2ccc([N+](=O)[O-])cc2)C1CCOC. The molecular formula is C15H23N3O3. The lowest BCUT2D eigenvalue weighted by Gasteiger charge is -2.28. The van der Waals surface area contributed by atoms with Gasteiger partial charge in [0.1, 0.15) is 0 Å². The number of hydrogen-bond acceptors (Lipinski definition) is 5. The van der Waals surface area contributed by atoms with Gasteiger partial charge in [-0.05, 0) is 31.5 Å². The van der Waals surface area contributed by atoms with E-state index in [1.54, 1.807) is 31.4 Å². The molecule has 21 heavy (non-hydrogen) atoms. The number of rotatable bonds is 7. The van der Waals surface area contributed by atoms with Gasteiger partial charge in [0.05, 0.1) is 4.92 Å². The number of nitro benzene ring substituents is 1. The fourth-order valence-corrected chi connectivity index (χ4v) is 2.99. The van der Waals surface area contributed by atoms with E-state index in [4.69, 9.17) is 4.74 Å². The first-order valence-electron chi connectivity index (χ1n) is 7.39. The number of nitrogens with zero attached hydrogens (tertiary/aromatic N) is 2. The molecule has 2 unspecified atom stereocenters. The van der Waals surface area contributed by atoms with E-state index in [0.717, 1.165) is 38.2 Å². The van der Waals surface area contributed by atoms with Crippen LogP contribution in [0.25, 0.3) is 0 Å². The first-order chi connectivity index (χ1) is 10.2. The van der Waals surface area contributed by atoms with Gasteiger partial charge in [0.25, 0.3) is 5.69 Å². The van der Waals surface area contributed by atoms with Crippen molar-refractivity contribution in [3.05, 3.63) is 34.4 Å². The Morgan fingerprint density at radius 2 is 2.14 bits per heavy atom. The Bertz CT molecular complexity index is 464. The van der Waals surface area contributed by atoms with Gasteiger partial charge in [0, 0.05) is 50.2 Å². The zero-order valence-corrected chi connectivity index (χ0v) is 12.6. The van der Waals surface area contributed by atoms with E-state index in [0.29, 0.717) is 12.1 Å². The molecule has 0 aliphatic carbocycles. The lowest BCUT2D eigenvalue weighted by Crippen LogP contribution is -2.39. The summed E-state index contributed by atoms with van der Waals surface area (Å²) in [7, 11) is 1.73. The second-order valence-corrected chi connectivity index (χ2v) is 5.32. The Kier molecular flexibility index (Phi) is 5.52. The second-order valence-electron chi connectivity index (χ2n) is 5.32. The fourth-order valence-electron chi connectivity index (χ4n) is 2.99. The fraction of sp³-hybridized carbons (Fsp3) is 0.600. The zero-order chi connectivity index (χ0) is 15.2. The van der Waals surface area contributed by atoms with Crippen molar-refractivity contribution in [1.29, 1.82) is 0 Å². The van der Waals surface area contributed by atoms with Gasteiger partial charge in [0.15, 0.2) is 0 Å². The van der Waals surface area contributed by atoms with E-state index < -0.39 is 0 Å². The molecule has 0 spiro atoms. The number of hydrogen-bond donors (Lipinski definition) is 1. The Morgan fingerprint density at radius 3 is 2.71 bits per heavy atom. The molecule has 0 amide bonds. The van der Waals surface area contributed by atoms with E-state index in [2.05, 4.69) is 17.1 Å². The second kappa shape index (κ2) is 7.38. The van der Waals surface area contributed by atoms with Crippen molar-refractivity contribution in [3.8, 4) is 0 Å². The smallest absolute Gasteiger partial charge is 0.269 e. The zero-order valence-electron chi connectivity index (χ0n) is 12.6. The van der Waals surface area contributed by atoms with Crippen LogP contribution in [0.4, 0.5) is 11.4 Å². The number of likely N-dealkylation sites (N-methyl/N-ethyl adjacent to an activating group) is 1. The van der Waals surface area contributed by atoms with Crippen LogP contribution < -0.4 is 5.32 Å². The summed E-state index contributed by atoms with van der Waals surface area (Å²) in [6.07, 6.45) is 2.08. The third kappa shape index (κ3) is 3.92. The minimum absolute atomic E-state index is 0.123. The summed E-state index contributed by atoms with van der Waals surface area (Å²) in [5.41, 5.74) is 1.06. The molecule has 1 aromatic rings. The van der Waals surface area contributed by atoms with Gasteiger partial charge in [-0.25, -0.2) is 0 Å². The number of anilines is 1. The van der Waals surface area contributed by atoms with E-state index in [1.807, 2.05) is 0 Å². The molecule has 6 nitrogen and oxygen atoms in total. The summed E-state index contributed by atoms with van der Waals surface area (Å²) in [4.78, 5) is 12.8. The predicted molar refractivity (Wildman–Crippen MR) is 82.7 cm³/mol. The summed E-state index contributed by atoms with van der Waals surface area (Å²) in [6.45, 7) is 5.04. The van der Waals surface area contributed by atoms with E-state index >= 15 is 0 Å². The van der Waals surface area contributed by atoms with Crippen molar-refractivity contribution in [1.82, 2.24) is 4.90 Å². The quantitative estimate of drug-likeness (QED) is 0.618. The number of methoxy groups -OCH3 is 1. The van der Waals surface area contributed by atoms with Crippen LogP contribution in [0.1, 0.15) is 19.8 Å². The van der Waals surface area contributed by atoms with Crippen molar-refractivity contribution < 1.29 is 9.66 Å². The molecule has 1 aromatic carbocycles. The monoisotopic (exact) mass is 293 g/mol. The molecule has 1 N–H and O–H groups in total. The highest BCUT2D eigenvalue weighted by atomic mass is 16.6. The van der Waals surface area contributed by atoms with Crippen molar-refractivity contribution in [2.45, 2.75) is 31.8 Å². The summed E-state index contributed by atoms with van der Waals surface area (Å²) >= 11 is 0. The van der Waals surface area contributed by atoms with Crippen LogP contribution >= 0.6 is 0 Å². The number of nitrogens with one attached hydrogen (secondary N) is 1. The number of nitro groups is 1. The topological polar surface area (TPSA) is 67.6 Å². The van der Waals surface area contributed by atoms with Crippen LogP contribution in [0.3, 0.4) is 0 Å². The maximum atomic E-state index is 10.7. The number of ether oxygens (including phenoxy) is 1. The highest BCUT2D eigenvalue weighted by Gasteiger charge is 2.32. The maximum Gasteiger partial charge on any atom is 0.269 e. The van der Waals surface area contributed by atoms with Gasteiger partial charge in [-0.3, -0.25) is 15.0 Å². The molecule has 1 saturated heterocycles. The molecule has 1 heterocycles. The number of benzene rings is 1.